The van der Waals surface area contributed by atoms with Gasteiger partial charge in [-0.25, -0.2) is 0 Å². The van der Waals surface area contributed by atoms with Crippen molar-refractivity contribution < 1.29 is 0 Å². The average Bonchev–Trinajstić information content (AvgIpc) is 2.23. The van der Waals surface area contributed by atoms with Crippen LogP contribution in [-0.2, 0) is 0 Å². The van der Waals surface area contributed by atoms with Gasteiger partial charge in [-0.2, -0.15) is 0 Å². The molecule has 0 bridgehead atoms. The van der Waals surface area contributed by atoms with Gasteiger partial charge in [-0.15, -0.1) is 0 Å². The molecule has 0 N–H and O–H groups in total. The normalized spacial score (nSPS) is 25.7. The molecule has 1 heteroatoms. The van der Waals surface area contributed by atoms with Crippen LogP contribution in [0, 0.1) is 0 Å². The zero-order chi connectivity index (χ0) is 10.3. The Bertz CT molecular complexity index is 191. The minimum absolute atomic E-state index is 0.702. The molecule has 15 heavy (non-hydrogen) atoms. The Morgan fingerprint density at radius 2 is 1.20 bits per heavy atom. The van der Waals surface area contributed by atoms with Gasteiger partial charge in [-0.05, 0) is 38.5 Å². The summed E-state index contributed by atoms with van der Waals surface area (Å²) in [6, 6.07) is 0.702. The van der Waals surface area contributed by atoms with Crippen LogP contribution in [0.4, 0.5) is 0 Å². The molecule has 0 amide bonds. The highest BCUT2D eigenvalue weighted by Gasteiger charge is 2.13. The van der Waals surface area contributed by atoms with Gasteiger partial charge in [0.1, 0.15) is 0 Å². The van der Waals surface area contributed by atoms with E-state index in [2.05, 4.69) is 0 Å². The summed E-state index contributed by atoms with van der Waals surface area (Å²) in [5.74, 6) is 0. The third kappa shape index (κ3) is 3.96. The lowest BCUT2D eigenvalue weighted by molar-refractivity contribution is 0.441. The van der Waals surface area contributed by atoms with Crippen molar-refractivity contribution >= 4 is 5.71 Å². The molecule has 2 fully saturated rings. The minimum atomic E-state index is 0.702. The summed E-state index contributed by atoms with van der Waals surface area (Å²) in [5, 5.41) is 0. The Morgan fingerprint density at radius 1 is 0.667 bits per heavy atom. The Hall–Kier alpha value is -0.330. The zero-order valence-electron chi connectivity index (χ0n) is 10.0. The van der Waals surface area contributed by atoms with Crippen molar-refractivity contribution in [2.24, 2.45) is 4.99 Å². The van der Waals surface area contributed by atoms with Crippen LogP contribution >= 0.6 is 0 Å². The maximum atomic E-state index is 5.01. The van der Waals surface area contributed by atoms with Crippen molar-refractivity contribution in [2.75, 3.05) is 0 Å². The van der Waals surface area contributed by atoms with Gasteiger partial charge in [-0.1, -0.05) is 38.5 Å². The van der Waals surface area contributed by atoms with Crippen LogP contribution in [-0.4, -0.2) is 11.8 Å². The summed E-state index contributed by atoms with van der Waals surface area (Å²) in [4.78, 5) is 5.01. The number of rotatable bonds is 1. The van der Waals surface area contributed by atoms with Crippen LogP contribution in [0.15, 0.2) is 4.99 Å². The summed E-state index contributed by atoms with van der Waals surface area (Å²) in [6.45, 7) is 0. The smallest absolute Gasteiger partial charge is 0.0499 e. The molecule has 0 radical (unpaired) electrons. The Kier molecular flexibility index (Phi) is 4.69. The molecule has 0 aliphatic heterocycles. The van der Waals surface area contributed by atoms with Crippen molar-refractivity contribution in [1.82, 2.24) is 0 Å². The molecule has 86 valence electrons. The van der Waals surface area contributed by atoms with E-state index >= 15 is 0 Å². The quantitative estimate of drug-likeness (QED) is 0.600. The van der Waals surface area contributed by atoms with Crippen molar-refractivity contribution in [1.29, 1.82) is 0 Å². The molecule has 0 unspecified atom stereocenters. The maximum absolute atomic E-state index is 5.01. The van der Waals surface area contributed by atoms with Gasteiger partial charge in [0.2, 0.25) is 0 Å². The predicted octanol–water partition coefficient (Wildman–Crippen LogP) is 4.50. The standard InChI is InChI=1S/C14H25N/c1-2-5-9-13(10-6-3-1)15-14-11-7-4-8-12-14/h14H,1-12H2. The van der Waals surface area contributed by atoms with Gasteiger partial charge in [-0.3, -0.25) is 4.99 Å². The second-order valence-electron chi connectivity index (χ2n) is 5.25. The summed E-state index contributed by atoms with van der Waals surface area (Å²) < 4.78 is 0. The van der Waals surface area contributed by atoms with E-state index in [1.807, 2.05) is 0 Å². The van der Waals surface area contributed by atoms with Crippen LogP contribution < -0.4 is 0 Å². The molecule has 0 heterocycles. The first-order chi connectivity index (χ1) is 7.45. The van der Waals surface area contributed by atoms with Crippen molar-refractivity contribution in [3.8, 4) is 0 Å². The average molecular weight is 207 g/mol. The van der Waals surface area contributed by atoms with Crippen LogP contribution in [0.3, 0.4) is 0 Å². The number of hydrogen-bond donors (Lipinski definition) is 0. The lowest BCUT2D eigenvalue weighted by Crippen LogP contribution is -2.13. The Morgan fingerprint density at radius 3 is 1.87 bits per heavy atom. The van der Waals surface area contributed by atoms with Gasteiger partial charge >= 0.3 is 0 Å². The molecule has 0 saturated heterocycles. The molecule has 0 aromatic rings. The molecule has 1 nitrogen and oxygen atoms in total. The van der Waals surface area contributed by atoms with Gasteiger partial charge in [0.25, 0.3) is 0 Å². The topological polar surface area (TPSA) is 12.4 Å². The lowest BCUT2D eigenvalue weighted by atomic mass is 9.94. The van der Waals surface area contributed by atoms with Crippen molar-refractivity contribution in [3.05, 3.63) is 0 Å². The van der Waals surface area contributed by atoms with Crippen LogP contribution in [0.2, 0.25) is 0 Å². The van der Waals surface area contributed by atoms with Crippen LogP contribution in [0.1, 0.15) is 77.0 Å². The summed E-state index contributed by atoms with van der Waals surface area (Å²) in [5.41, 5.74) is 1.56. The molecule has 0 aromatic carbocycles. The van der Waals surface area contributed by atoms with E-state index in [4.69, 9.17) is 4.99 Å². The highest BCUT2D eigenvalue weighted by Crippen LogP contribution is 2.22. The molecular formula is C14H25N. The molecule has 2 aliphatic rings. The second kappa shape index (κ2) is 6.30. The minimum Gasteiger partial charge on any atom is -0.291 e. The maximum Gasteiger partial charge on any atom is 0.0499 e. The fourth-order valence-corrected chi connectivity index (χ4v) is 2.91. The number of hydrogen-bond acceptors (Lipinski definition) is 1. The molecule has 0 atom stereocenters. The highest BCUT2D eigenvalue weighted by molar-refractivity contribution is 5.84. The first kappa shape index (κ1) is 11.2. The van der Waals surface area contributed by atoms with E-state index in [0.717, 1.165) is 0 Å². The molecule has 2 saturated carbocycles. The fourth-order valence-electron chi connectivity index (χ4n) is 2.91. The van der Waals surface area contributed by atoms with E-state index in [-0.39, 0.29) is 0 Å². The first-order valence-corrected chi connectivity index (χ1v) is 7.01. The van der Waals surface area contributed by atoms with Gasteiger partial charge in [0.15, 0.2) is 0 Å². The fraction of sp³-hybridized carbons (Fsp3) is 0.929. The van der Waals surface area contributed by atoms with Gasteiger partial charge in [0.05, 0.1) is 0 Å². The summed E-state index contributed by atoms with van der Waals surface area (Å²) in [6.07, 6.45) is 16.7. The zero-order valence-corrected chi connectivity index (χ0v) is 10.0. The van der Waals surface area contributed by atoms with E-state index in [1.54, 1.807) is 5.71 Å². The monoisotopic (exact) mass is 207 g/mol. The highest BCUT2D eigenvalue weighted by atomic mass is 14.8. The first-order valence-electron chi connectivity index (χ1n) is 7.01. The summed E-state index contributed by atoms with van der Waals surface area (Å²) >= 11 is 0. The summed E-state index contributed by atoms with van der Waals surface area (Å²) in [7, 11) is 0. The molecule has 2 rings (SSSR count). The molecule has 2 aliphatic carbocycles. The molecule has 0 spiro atoms. The molecule has 0 aromatic heterocycles. The van der Waals surface area contributed by atoms with E-state index in [1.165, 1.54) is 77.0 Å². The van der Waals surface area contributed by atoms with E-state index < -0.39 is 0 Å². The van der Waals surface area contributed by atoms with Gasteiger partial charge in [0, 0.05) is 11.8 Å². The van der Waals surface area contributed by atoms with Crippen molar-refractivity contribution in [2.45, 2.75) is 83.1 Å². The van der Waals surface area contributed by atoms with E-state index in [9.17, 15) is 0 Å². The van der Waals surface area contributed by atoms with Crippen molar-refractivity contribution in [3.63, 3.8) is 0 Å². The van der Waals surface area contributed by atoms with Crippen LogP contribution in [0.5, 0.6) is 0 Å². The SMILES string of the molecule is C1CCCC(=NC2CCCCC2)CCC1. The molecular weight excluding hydrogens is 182 g/mol. The third-order valence-corrected chi connectivity index (χ3v) is 3.87. The van der Waals surface area contributed by atoms with Crippen LogP contribution in [0.25, 0.3) is 0 Å². The lowest BCUT2D eigenvalue weighted by Gasteiger charge is -2.20. The second-order valence-corrected chi connectivity index (χ2v) is 5.25. The number of nitrogens with zero attached hydrogens (tertiary/aromatic N) is 1. The van der Waals surface area contributed by atoms with E-state index in [0.29, 0.717) is 6.04 Å². The third-order valence-electron chi connectivity index (χ3n) is 3.87. The van der Waals surface area contributed by atoms with Gasteiger partial charge < -0.3 is 0 Å². The largest absolute Gasteiger partial charge is 0.291 e. The Balaban J connectivity index is 1.84. The number of aliphatic imine (C=N–C) groups is 1. The predicted molar refractivity (Wildman–Crippen MR) is 66.6 cm³/mol. The Labute approximate surface area is 94.4 Å².